The lowest BCUT2D eigenvalue weighted by Gasteiger charge is -2.45. The fourth-order valence-electron chi connectivity index (χ4n) is 3.93. The van der Waals surface area contributed by atoms with E-state index in [-0.39, 0.29) is 11.3 Å². The molecule has 0 radical (unpaired) electrons. The van der Waals surface area contributed by atoms with E-state index in [1.165, 1.54) is 5.56 Å². The molecule has 1 aromatic carbocycles. The fraction of sp³-hybridized carbons (Fsp3) is 0.632. The predicted octanol–water partition coefficient (Wildman–Crippen LogP) is 2.61. The number of amides is 1. The number of benzene rings is 1. The number of fused-ring (bicyclic) bond motifs is 2. The lowest BCUT2D eigenvalue weighted by atomic mass is 9.73. The van der Waals surface area contributed by atoms with E-state index in [0.717, 1.165) is 64.0 Å². The summed E-state index contributed by atoms with van der Waals surface area (Å²) >= 11 is 0. The molecule has 3 rings (SSSR count). The van der Waals surface area contributed by atoms with Crippen molar-refractivity contribution in [3.05, 3.63) is 29.8 Å². The third-order valence-corrected chi connectivity index (χ3v) is 5.33. The SMILES string of the molecule is CN(C)CCc1ccc(NC(=O)C23CCCN(CCC2)C3)cc1. The van der Waals surface area contributed by atoms with Gasteiger partial charge in [0.2, 0.25) is 5.91 Å². The number of piperidine rings is 2. The molecule has 0 aromatic heterocycles. The van der Waals surface area contributed by atoms with Crippen LogP contribution in [0.3, 0.4) is 0 Å². The third-order valence-electron chi connectivity index (χ3n) is 5.33. The van der Waals surface area contributed by atoms with Crippen LogP contribution in [0.1, 0.15) is 31.2 Å². The van der Waals surface area contributed by atoms with Gasteiger partial charge in [-0.15, -0.1) is 0 Å². The fourth-order valence-corrected chi connectivity index (χ4v) is 3.93. The summed E-state index contributed by atoms with van der Waals surface area (Å²) in [4.78, 5) is 17.5. The Hall–Kier alpha value is -1.39. The Kier molecular flexibility index (Phi) is 5.02. The van der Waals surface area contributed by atoms with Crippen molar-refractivity contribution < 1.29 is 4.79 Å². The number of carbonyl (C=O) groups is 1. The van der Waals surface area contributed by atoms with Gasteiger partial charge in [0.1, 0.15) is 0 Å². The van der Waals surface area contributed by atoms with Crippen LogP contribution in [-0.4, -0.2) is 56.0 Å². The number of rotatable bonds is 5. The first-order valence-electron chi connectivity index (χ1n) is 8.85. The number of carbonyl (C=O) groups excluding carboxylic acids is 1. The summed E-state index contributed by atoms with van der Waals surface area (Å²) in [5.74, 6) is 0.225. The highest BCUT2D eigenvalue weighted by molar-refractivity contribution is 5.95. The monoisotopic (exact) mass is 315 g/mol. The first kappa shape index (κ1) is 16.5. The normalized spacial score (nSPS) is 27.0. The first-order chi connectivity index (χ1) is 11.1. The van der Waals surface area contributed by atoms with Crippen LogP contribution in [0.2, 0.25) is 0 Å². The van der Waals surface area contributed by atoms with E-state index in [4.69, 9.17) is 0 Å². The van der Waals surface area contributed by atoms with E-state index in [2.05, 4.69) is 41.3 Å². The van der Waals surface area contributed by atoms with Crippen LogP contribution in [0.15, 0.2) is 24.3 Å². The van der Waals surface area contributed by atoms with Gasteiger partial charge in [0.15, 0.2) is 0 Å². The van der Waals surface area contributed by atoms with Crippen molar-refractivity contribution in [2.45, 2.75) is 32.1 Å². The first-order valence-corrected chi connectivity index (χ1v) is 8.85. The second-order valence-corrected chi connectivity index (χ2v) is 7.47. The molecule has 0 spiro atoms. The molecule has 1 N–H and O–H groups in total. The second kappa shape index (κ2) is 7.02. The minimum atomic E-state index is -0.153. The molecule has 2 fully saturated rings. The van der Waals surface area contributed by atoms with Gasteiger partial charge < -0.3 is 15.1 Å². The van der Waals surface area contributed by atoms with E-state index in [0.29, 0.717) is 0 Å². The summed E-state index contributed by atoms with van der Waals surface area (Å²) in [5.41, 5.74) is 2.09. The molecule has 0 saturated carbocycles. The standard InChI is InChI=1S/C19H29N3O/c1-21(2)14-9-16-5-7-17(8-6-16)20-18(23)19-10-3-12-22(15-19)13-4-11-19/h5-8H,3-4,9-15H2,1-2H3,(H,20,23). The molecule has 2 aliphatic heterocycles. The van der Waals surface area contributed by atoms with E-state index < -0.39 is 0 Å². The molecule has 4 nitrogen and oxygen atoms in total. The highest BCUT2D eigenvalue weighted by Crippen LogP contribution is 2.39. The molecule has 4 heteroatoms. The molecule has 2 heterocycles. The van der Waals surface area contributed by atoms with Gasteiger partial charge in [-0.2, -0.15) is 0 Å². The Balaban J connectivity index is 1.61. The van der Waals surface area contributed by atoms with Gasteiger partial charge >= 0.3 is 0 Å². The molecule has 0 unspecified atom stereocenters. The molecule has 126 valence electrons. The van der Waals surface area contributed by atoms with E-state index >= 15 is 0 Å². The maximum atomic E-state index is 12.9. The van der Waals surface area contributed by atoms with E-state index in [1.54, 1.807) is 0 Å². The minimum Gasteiger partial charge on any atom is -0.326 e. The van der Waals surface area contributed by atoms with Crippen molar-refractivity contribution in [3.8, 4) is 0 Å². The second-order valence-electron chi connectivity index (χ2n) is 7.47. The van der Waals surface area contributed by atoms with E-state index in [9.17, 15) is 4.79 Å². The van der Waals surface area contributed by atoms with Crippen LogP contribution in [-0.2, 0) is 11.2 Å². The van der Waals surface area contributed by atoms with Crippen LogP contribution in [0.4, 0.5) is 5.69 Å². The van der Waals surface area contributed by atoms with Crippen molar-refractivity contribution in [1.82, 2.24) is 9.80 Å². The van der Waals surface area contributed by atoms with Gasteiger partial charge in [-0.3, -0.25) is 4.79 Å². The number of hydrogen-bond acceptors (Lipinski definition) is 3. The van der Waals surface area contributed by atoms with E-state index in [1.807, 2.05) is 12.1 Å². The Morgan fingerprint density at radius 1 is 1.17 bits per heavy atom. The Labute approximate surface area is 139 Å². The van der Waals surface area contributed by atoms with Gasteiger partial charge in [-0.25, -0.2) is 0 Å². The highest BCUT2D eigenvalue weighted by atomic mass is 16.2. The number of nitrogens with one attached hydrogen (secondary N) is 1. The number of nitrogens with zero attached hydrogens (tertiary/aromatic N) is 2. The molecule has 1 amide bonds. The molecule has 2 saturated heterocycles. The quantitative estimate of drug-likeness (QED) is 0.907. The van der Waals surface area contributed by atoms with Crippen molar-refractivity contribution in [3.63, 3.8) is 0 Å². The van der Waals surface area contributed by atoms with Crippen molar-refractivity contribution >= 4 is 11.6 Å². The van der Waals surface area contributed by atoms with Crippen LogP contribution in [0.5, 0.6) is 0 Å². The largest absolute Gasteiger partial charge is 0.326 e. The average Bonchev–Trinajstić information content (AvgIpc) is 2.54. The minimum absolute atomic E-state index is 0.153. The van der Waals surface area contributed by atoms with Gasteiger partial charge in [-0.1, -0.05) is 12.1 Å². The third kappa shape index (κ3) is 3.93. The molecular formula is C19H29N3O. The zero-order chi connectivity index (χ0) is 16.3. The molecule has 1 aromatic rings. The van der Waals surface area contributed by atoms with Crippen LogP contribution >= 0.6 is 0 Å². The summed E-state index contributed by atoms with van der Waals surface area (Å²) in [6.45, 7) is 4.32. The number of hydrogen-bond donors (Lipinski definition) is 1. The summed E-state index contributed by atoms with van der Waals surface area (Å²) < 4.78 is 0. The lowest BCUT2D eigenvalue weighted by Crippen LogP contribution is -2.53. The number of anilines is 1. The predicted molar refractivity (Wildman–Crippen MR) is 94.7 cm³/mol. The maximum absolute atomic E-state index is 12.9. The van der Waals surface area contributed by atoms with Gasteiger partial charge in [0, 0.05) is 18.8 Å². The Morgan fingerprint density at radius 2 is 1.83 bits per heavy atom. The van der Waals surface area contributed by atoms with Crippen molar-refractivity contribution in [2.24, 2.45) is 5.41 Å². The summed E-state index contributed by atoms with van der Waals surface area (Å²) in [6.07, 6.45) is 5.42. The topological polar surface area (TPSA) is 35.6 Å². The van der Waals surface area contributed by atoms with Crippen LogP contribution in [0, 0.1) is 5.41 Å². The molecule has 2 aliphatic rings. The van der Waals surface area contributed by atoms with Gasteiger partial charge in [0.05, 0.1) is 5.41 Å². The highest BCUT2D eigenvalue weighted by Gasteiger charge is 2.44. The summed E-state index contributed by atoms with van der Waals surface area (Å²) in [6, 6.07) is 8.35. The molecule has 2 bridgehead atoms. The Morgan fingerprint density at radius 3 is 2.43 bits per heavy atom. The zero-order valence-electron chi connectivity index (χ0n) is 14.5. The molecule has 0 atom stereocenters. The summed E-state index contributed by atoms with van der Waals surface area (Å²) in [5, 5.41) is 3.17. The van der Waals surface area contributed by atoms with Crippen LogP contribution < -0.4 is 5.32 Å². The summed E-state index contributed by atoms with van der Waals surface area (Å²) in [7, 11) is 4.18. The maximum Gasteiger partial charge on any atom is 0.231 e. The molecular weight excluding hydrogens is 286 g/mol. The van der Waals surface area contributed by atoms with Gasteiger partial charge in [0.25, 0.3) is 0 Å². The molecule has 23 heavy (non-hydrogen) atoms. The average molecular weight is 315 g/mol. The molecule has 0 aliphatic carbocycles. The van der Waals surface area contributed by atoms with Crippen molar-refractivity contribution in [1.29, 1.82) is 0 Å². The smallest absolute Gasteiger partial charge is 0.231 e. The lowest BCUT2D eigenvalue weighted by molar-refractivity contribution is -0.131. The van der Waals surface area contributed by atoms with Gasteiger partial charge in [-0.05, 0) is 77.0 Å². The van der Waals surface area contributed by atoms with Crippen LogP contribution in [0.25, 0.3) is 0 Å². The van der Waals surface area contributed by atoms with Crippen molar-refractivity contribution in [2.75, 3.05) is 45.6 Å². The Bertz CT molecular complexity index is 528. The zero-order valence-corrected chi connectivity index (χ0v) is 14.5. The number of likely N-dealkylation sites (N-methyl/N-ethyl adjacent to an activating group) is 1.